The molecule has 26 heavy (non-hydrogen) atoms. The van der Waals surface area contributed by atoms with E-state index in [9.17, 15) is 0 Å². The molecule has 1 fully saturated rings. The first-order valence-electron chi connectivity index (χ1n) is 10.6. The van der Waals surface area contributed by atoms with Crippen LogP contribution in [0.5, 0.6) is 0 Å². The van der Waals surface area contributed by atoms with Gasteiger partial charge in [0.25, 0.3) is 0 Å². The molecule has 1 saturated heterocycles. The van der Waals surface area contributed by atoms with Crippen molar-refractivity contribution < 1.29 is 19.0 Å². The third-order valence-corrected chi connectivity index (χ3v) is 4.62. The Morgan fingerprint density at radius 2 is 1.42 bits per heavy atom. The third kappa shape index (κ3) is 8.94. The summed E-state index contributed by atoms with van der Waals surface area (Å²) in [6.07, 6.45) is 22.9. The lowest BCUT2D eigenvalue weighted by atomic mass is 10.1. The minimum Gasteiger partial charge on any atom is -0.460 e. The van der Waals surface area contributed by atoms with Crippen LogP contribution in [0.25, 0.3) is 0 Å². The number of nitrogens with zero attached hydrogens (tertiary/aromatic N) is 2. The number of oxime groups is 1. The van der Waals surface area contributed by atoms with Crippen molar-refractivity contribution in [1.29, 1.82) is 0 Å². The van der Waals surface area contributed by atoms with E-state index < -0.39 is 7.32 Å². The summed E-state index contributed by atoms with van der Waals surface area (Å²) in [4.78, 5) is 0. The van der Waals surface area contributed by atoms with Crippen LogP contribution in [-0.4, -0.2) is 25.2 Å². The maximum absolute atomic E-state index is 5.44. The predicted molar refractivity (Wildman–Crippen MR) is 104 cm³/mol. The molecule has 0 spiro atoms. The lowest BCUT2D eigenvalue weighted by Crippen LogP contribution is -2.57. The topological polar surface area (TPSA) is 52.5 Å². The van der Waals surface area contributed by atoms with Crippen molar-refractivity contribution in [3.05, 3.63) is 12.2 Å². The monoisotopic (exact) mass is 366 g/mol. The molecule has 148 valence electrons. The average Bonchev–Trinajstić information content (AvgIpc) is 2.64. The molecule has 0 atom stereocenters. The van der Waals surface area contributed by atoms with E-state index in [4.69, 9.17) is 19.0 Å². The van der Waals surface area contributed by atoms with Crippen LogP contribution in [-0.2, 0) is 19.0 Å². The van der Waals surface area contributed by atoms with Gasteiger partial charge in [-0.15, -0.1) is 0 Å². The largest absolute Gasteiger partial charge is 0.784 e. The number of amidine groups is 1. The Kier molecular flexibility index (Phi) is 11.3. The summed E-state index contributed by atoms with van der Waals surface area (Å²) >= 11 is 0. The number of fused-ring (bicyclic) bond motifs is 1. The van der Waals surface area contributed by atoms with E-state index in [1.54, 1.807) is 0 Å². The molecule has 0 aromatic rings. The van der Waals surface area contributed by atoms with Crippen LogP contribution in [0, 0.1) is 0 Å². The van der Waals surface area contributed by atoms with Gasteiger partial charge < -0.3 is 9.49 Å². The quantitative estimate of drug-likeness (QED) is 0.205. The van der Waals surface area contributed by atoms with Crippen molar-refractivity contribution in [2.45, 2.75) is 96.8 Å². The summed E-state index contributed by atoms with van der Waals surface area (Å²) in [5.74, 6) is 0. The van der Waals surface area contributed by atoms with E-state index in [-0.39, 0.29) is 6.02 Å². The molecule has 0 unspecified atom stereocenters. The van der Waals surface area contributed by atoms with Gasteiger partial charge in [-0.1, -0.05) is 82.1 Å². The standard InChI is InChI=1S/C19H35BN2O4/c1-2-3-4-5-6-7-8-9-10-11-12-13-14-15-16-17-18-23-19-21-24-20-25-22(19)26-20/h9-10H,2-8,11-18H2,1H3/b10-9+. The molecule has 0 aromatic heterocycles. The molecule has 0 amide bonds. The molecular formula is C19H35BN2O4. The molecule has 0 N–H and O–H groups in total. The van der Waals surface area contributed by atoms with Gasteiger partial charge in [-0.3, -0.25) is 0 Å². The maximum atomic E-state index is 5.44. The average molecular weight is 366 g/mol. The summed E-state index contributed by atoms with van der Waals surface area (Å²) < 4.78 is 20.3. The van der Waals surface area contributed by atoms with Gasteiger partial charge in [0, 0.05) is 0 Å². The smallest absolute Gasteiger partial charge is 0.460 e. The number of allylic oxidation sites excluding steroid dienone is 2. The summed E-state index contributed by atoms with van der Waals surface area (Å²) in [5, 5.41) is 4.88. The fraction of sp³-hybridized carbons (Fsp3) is 0.842. The second-order valence-electron chi connectivity index (χ2n) is 7.02. The zero-order valence-corrected chi connectivity index (χ0v) is 16.4. The van der Waals surface area contributed by atoms with E-state index in [0.29, 0.717) is 6.61 Å². The number of hydroxylamine groups is 2. The third-order valence-electron chi connectivity index (χ3n) is 4.62. The minimum absolute atomic E-state index is 0.250. The van der Waals surface area contributed by atoms with Crippen LogP contribution in [0.1, 0.15) is 96.8 Å². The second kappa shape index (κ2) is 13.9. The van der Waals surface area contributed by atoms with Crippen molar-refractivity contribution in [3.63, 3.8) is 0 Å². The highest BCUT2D eigenvalue weighted by Crippen LogP contribution is 2.19. The molecular weight excluding hydrogens is 331 g/mol. The predicted octanol–water partition coefficient (Wildman–Crippen LogP) is 5.51. The van der Waals surface area contributed by atoms with Crippen molar-refractivity contribution in [1.82, 2.24) is 5.23 Å². The number of unbranched alkanes of at least 4 members (excludes halogenated alkanes) is 12. The highest BCUT2D eigenvalue weighted by molar-refractivity contribution is 6.38. The van der Waals surface area contributed by atoms with E-state index in [0.717, 1.165) is 11.6 Å². The van der Waals surface area contributed by atoms with Gasteiger partial charge in [0.05, 0.1) is 6.61 Å². The molecule has 6 nitrogen and oxygen atoms in total. The van der Waals surface area contributed by atoms with Gasteiger partial charge in [-0.25, -0.2) is 9.51 Å². The van der Waals surface area contributed by atoms with Crippen molar-refractivity contribution in [2.24, 2.45) is 5.16 Å². The van der Waals surface area contributed by atoms with Gasteiger partial charge in [-0.2, -0.15) is 0 Å². The molecule has 0 aromatic carbocycles. The summed E-state index contributed by atoms with van der Waals surface area (Å²) in [5.41, 5.74) is 0. The Balaban J connectivity index is 1.26. The lowest BCUT2D eigenvalue weighted by molar-refractivity contribution is -0.350. The molecule has 0 radical (unpaired) electrons. The van der Waals surface area contributed by atoms with Gasteiger partial charge in [0.2, 0.25) is 0 Å². The zero-order chi connectivity index (χ0) is 18.3. The van der Waals surface area contributed by atoms with E-state index in [1.165, 1.54) is 83.5 Å². The molecule has 3 rings (SSSR count). The first kappa shape index (κ1) is 21.1. The molecule has 0 saturated carbocycles. The van der Waals surface area contributed by atoms with E-state index >= 15 is 0 Å². The number of rotatable bonds is 16. The number of hydrogen-bond acceptors (Lipinski definition) is 6. The van der Waals surface area contributed by atoms with Crippen LogP contribution in [0.15, 0.2) is 17.3 Å². The molecule has 3 aliphatic rings. The van der Waals surface area contributed by atoms with Gasteiger partial charge in [-0.05, 0) is 37.3 Å². The first-order chi connectivity index (χ1) is 12.9. The number of ether oxygens (including phenoxy) is 1. The van der Waals surface area contributed by atoms with Crippen LogP contribution >= 0.6 is 0 Å². The summed E-state index contributed by atoms with van der Waals surface area (Å²) in [6.45, 7) is 2.88. The zero-order valence-electron chi connectivity index (χ0n) is 16.4. The van der Waals surface area contributed by atoms with Crippen molar-refractivity contribution in [2.75, 3.05) is 6.61 Å². The van der Waals surface area contributed by atoms with E-state index in [2.05, 4.69) is 24.2 Å². The SMILES string of the molecule is CCCCCCCC/C=C/CCCCCCCCOC1=NOB2ON1O2. The van der Waals surface area contributed by atoms with Crippen molar-refractivity contribution >= 4 is 13.3 Å². The highest BCUT2D eigenvalue weighted by atomic mass is 17.1. The highest BCUT2D eigenvalue weighted by Gasteiger charge is 2.50. The van der Waals surface area contributed by atoms with Crippen LogP contribution < -0.4 is 0 Å². The Labute approximate surface area is 159 Å². The molecule has 3 aliphatic heterocycles. The number of hydrogen-bond donors (Lipinski definition) is 0. The summed E-state index contributed by atoms with van der Waals surface area (Å²) in [7, 11) is -0.687. The minimum atomic E-state index is -0.687. The lowest BCUT2D eigenvalue weighted by Gasteiger charge is -2.35. The van der Waals surface area contributed by atoms with Crippen LogP contribution in [0.3, 0.4) is 0 Å². The van der Waals surface area contributed by atoms with Crippen LogP contribution in [0.4, 0.5) is 0 Å². The van der Waals surface area contributed by atoms with E-state index in [1.807, 2.05) is 0 Å². The first-order valence-corrected chi connectivity index (χ1v) is 10.6. The molecule has 2 bridgehead atoms. The van der Waals surface area contributed by atoms with Gasteiger partial charge in [0.15, 0.2) is 0 Å². The Morgan fingerprint density at radius 3 is 2.00 bits per heavy atom. The maximum Gasteiger partial charge on any atom is 0.784 e. The van der Waals surface area contributed by atoms with Crippen LogP contribution in [0.2, 0.25) is 0 Å². The van der Waals surface area contributed by atoms with Crippen molar-refractivity contribution in [3.8, 4) is 0 Å². The normalized spacial score (nSPS) is 15.8. The Morgan fingerprint density at radius 1 is 0.846 bits per heavy atom. The fourth-order valence-electron chi connectivity index (χ4n) is 3.01. The fourth-order valence-corrected chi connectivity index (χ4v) is 3.01. The Bertz CT molecular complexity index is 414. The summed E-state index contributed by atoms with van der Waals surface area (Å²) in [6, 6.07) is 0.250. The second-order valence-corrected chi connectivity index (χ2v) is 7.02. The van der Waals surface area contributed by atoms with Gasteiger partial charge in [0.1, 0.15) is 0 Å². The molecule has 3 heterocycles. The molecule has 7 heteroatoms. The molecule has 0 aliphatic carbocycles. The Hall–Kier alpha value is -1.21. The van der Waals surface area contributed by atoms with Gasteiger partial charge >= 0.3 is 13.3 Å².